The van der Waals surface area contributed by atoms with Gasteiger partial charge in [0.05, 0.1) is 7.11 Å². The van der Waals surface area contributed by atoms with Crippen LogP contribution in [0.4, 0.5) is 5.69 Å². The summed E-state index contributed by atoms with van der Waals surface area (Å²) in [6.45, 7) is 0. The maximum absolute atomic E-state index is 12.9. The lowest BCUT2D eigenvalue weighted by Gasteiger charge is -2.12. The molecule has 0 unspecified atom stereocenters. The molecule has 0 saturated carbocycles. The number of ether oxygens (including phenoxy) is 1. The average molecular weight is 388 g/mol. The van der Waals surface area contributed by atoms with Gasteiger partial charge in [-0.05, 0) is 36.4 Å². The molecule has 3 N–H and O–H groups in total. The van der Waals surface area contributed by atoms with E-state index in [1.165, 1.54) is 25.3 Å². The molecule has 0 aromatic heterocycles. The van der Waals surface area contributed by atoms with Gasteiger partial charge >= 0.3 is 0 Å². The number of aromatic hydroxyl groups is 1. The van der Waals surface area contributed by atoms with E-state index in [0.29, 0.717) is 22.6 Å². The zero-order chi connectivity index (χ0) is 20.6. The lowest BCUT2D eigenvalue weighted by atomic mass is 10.1. The molecule has 2 amide bonds. The molecule has 0 spiro atoms. The van der Waals surface area contributed by atoms with Crippen LogP contribution in [0.2, 0.25) is 0 Å². The van der Waals surface area contributed by atoms with Crippen LogP contribution in [0.15, 0.2) is 84.6 Å². The van der Waals surface area contributed by atoms with E-state index < -0.39 is 11.8 Å². The highest BCUT2D eigenvalue weighted by atomic mass is 16.5. The van der Waals surface area contributed by atoms with Crippen LogP contribution >= 0.6 is 0 Å². The third kappa shape index (κ3) is 5.23. The van der Waals surface area contributed by atoms with Gasteiger partial charge < -0.3 is 20.5 Å². The Balaban J connectivity index is 1.93. The highest BCUT2D eigenvalue weighted by Gasteiger charge is 2.16. The van der Waals surface area contributed by atoms with E-state index in [1.807, 2.05) is 6.07 Å². The van der Waals surface area contributed by atoms with Crippen molar-refractivity contribution in [3.8, 4) is 11.5 Å². The Morgan fingerprint density at radius 3 is 2.38 bits per heavy atom. The van der Waals surface area contributed by atoms with Crippen molar-refractivity contribution in [1.29, 1.82) is 0 Å². The van der Waals surface area contributed by atoms with E-state index >= 15 is 0 Å². The highest BCUT2D eigenvalue weighted by molar-refractivity contribution is 6.10. The number of benzene rings is 3. The number of amides is 2. The minimum Gasteiger partial charge on any atom is -0.508 e. The molecule has 3 rings (SSSR count). The van der Waals surface area contributed by atoms with Crippen LogP contribution in [0.5, 0.6) is 11.5 Å². The average Bonchev–Trinajstić information content (AvgIpc) is 2.74. The van der Waals surface area contributed by atoms with Crippen LogP contribution in [0.3, 0.4) is 0 Å². The summed E-state index contributed by atoms with van der Waals surface area (Å²) in [7, 11) is 1.53. The summed E-state index contributed by atoms with van der Waals surface area (Å²) >= 11 is 0. The predicted molar refractivity (Wildman–Crippen MR) is 112 cm³/mol. The zero-order valence-electron chi connectivity index (χ0n) is 15.8. The summed E-state index contributed by atoms with van der Waals surface area (Å²) in [6.07, 6.45) is 1.54. The number of methoxy groups -OCH3 is 1. The van der Waals surface area contributed by atoms with Crippen molar-refractivity contribution in [1.82, 2.24) is 5.32 Å². The Bertz CT molecular complexity index is 1050. The fourth-order valence-electron chi connectivity index (χ4n) is 2.67. The molecule has 3 aromatic carbocycles. The molecule has 6 heteroatoms. The van der Waals surface area contributed by atoms with Crippen molar-refractivity contribution >= 4 is 23.6 Å². The van der Waals surface area contributed by atoms with E-state index in [4.69, 9.17) is 4.74 Å². The highest BCUT2D eigenvalue weighted by Crippen LogP contribution is 2.21. The minimum atomic E-state index is -0.536. The molecular formula is C23H20N2O4. The number of carbonyl (C=O) groups excluding carboxylic acids is 2. The molecule has 0 radical (unpaired) electrons. The van der Waals surface area contributed by atoms with Gasteiger partial charge in [0.2, 0.25) is 0 Å². The van der Waals surface area contributed by atoms with Crippen LogP contribution in [-0.2, 0) is 4.79 Å². The Morgan fingerprint density at radius 1 is 0.931 bits per heavy atom. The molecular weight excluding hydrogens is 368 g/mol. The molecule has 0 aliphatic carbocycles. The monoisotopic (exact) mass is 388 g/mol. The molecule has 0 aliphatic heterocycles. The largest absolute Gasteiger partial charge is 0.508 e. The van der Waals surface area contributed by atoms with Crippen LogP contribution < -0.4 is 15.4 Å². The first-order valence-electron chi connectivity index (χ1n) is 8.88. The fourth-order valence-corrected chi connectivity index (χ4v) is 2.67. The summed E-state index contributed by atoms with van der Waals surface area (Å²) in [5.41, 5.74) is 1.48. The van der Waals surface area contributed by atoms with Gasteiger partial charge in [-0.2, -0.15) is 0 Å². The van der Waals surface area contributed by atoms with Gasteiger partial charge in [-0.15, -0.1) is 0 Å². The number of anilines is 1. The molecule has 6 nitrogen and oxygen atoms in total. The summed E-state index contributed by atoms with van der Waals surface area (Å²) < 4.78 is 5.33. The van der Waals surface area contributed by atoms with Gasteiger partial charge in [0.1, 0.15) is 17.2 Å². The fraction of sp³-hybridized carbons (Fsp3) is 0.0435. The van der Waals surface area contributed by atoms with Gasteiger partial charge in [0.25, 0.3) is 11.8 Å². The summed E-state index contributed by atoms with van der Waals surface area (Å²) in [5, 5.41) is 14.9. The Labute approximate surface area is 168 Å². The number of carbonyl (C=O) groups is 2. The Kier molecular flexibility index (Phi) is 6.27. The van der Waals surface area contributed by atoms with Crippen molar-refractivity contribution in [2.75, 3.05) is 12.4 Å². The summed E-state index contributed by atoms with van der Waals surface area (Å²) in [5.74, 6) is -0.376. The van der Waals surface area contributed by atoms with Crippen molar-refractivity contribution in [3.63, 3.8) is 0 Å². The molecule has 29 heavy (non-hydrogen) atoms. The van der Waals surface area contributed by atoms with Crippen LogP contribution in [-0.4, -0.2) is 24.0 Å². The van der Waals surface area contributed by atoms with Crippen molar-refractivity contribution in [2.24, 2.45) is 0 Å². The van der Waals surface area contributed by atoms with E-state index in [9.17, 15) is 14.7 Å². The standard InChI is InChI=1S/C23H20N2O4/c1-29-21-13-6-5-10-17(21)14-20(25-22(27)16-8-3-2-4-9-16)23(28)24-18-11-7-12-19(26)15-18/h2-15,26H,1H3,(H,24,28)(H,25,27)/b20-14-. The summed E-state index contributed by atoms with van der Waals surface area (Å²) in [6, 6.07) is 21.9. The maximum atomic E-state index is 12.9. The number of nitrogens with one attached hydrogen (secondary N) is 2. The predicted octanol–water partition coefficient (Wildman–Crippen LogP) is 3.81. The molecule has 3 aromatic rings. The Morgan fingerprint density at radius 2 is 1.66 bits per heavy atom. The molecule has 0 aliphatic rings. The normalized spacial score (nSPS) is 10.9. The number of phenols is 1. The number of para-hydroxylation sites is 1. The van der Waals surface area contributed by atoms with Gasteiger partial charge in [0.15, 0.2) is 0 Å². The number of phenolic OH excluding ortho intramolecular Hbond substituents is 1. The van der Waals surface area contributed by atoms with Crippen molar-refractivity contribution in [2.45, 2.75) is 0 Å². The molecule has 0 fully saturated rings. The number of hydrogen-bond donors (Lipinski definition) is 3. The van der Waals surface area contributed by atoms with Gasteiger partial charge in [-0.1, -0.05) is 42.5 Å². The first-order valence-corrected chi connectivity index (χ1v) is 8.88. The molecule has 146 valence electrons. The van der Waals surface area contributed by atoms with Gasteiger partial charge in [0, 0.05) is 22.9 Å². The molecule has 0 atom stereocenters. The van der Waals surface area contributed by atoms with Crippen molar-refractivity contribution in [3.05, 3.63) is 95.7 Å². The van der Waals surface area contributed by atoms with Crippen LogP contribution in [0.1, 0.15) is 15.9 Å². The molecule has 0 saturated heterocycles. The third-order valence-electron chi connectivity index (χ3n) is 4.07. The second-order valence-electron chi connectivity index (χ2n) is 6.12. The SMILES string of the molecule is COc1ccccc1/C=C(\NC(=O)c1ccccc1)C(=O)Nc1cccc(O)c1. The third-order valence-corrected chi connectivity index (χ3v) is 4.07. The Hall–Kier alpha value is -4.06. The van der Waals surface area contributed by atoms with E-state index in [-0.39, 0.29) is 11.4 Å². The van der Waals surface area contributed by atoms with Gasteiger partial charge in [-0.25, -0.2) is 0 Å². The van der Waals surface area contributed by atoms with Crippen LogP contribution in [0.25, 0.3) is 6.08 Å². The van der Waals surface area contributed by atoms with E-state index in [0.717, 1.165) is 0 Å². The quantitative estimate of drug-likeness (QED) is 0.561. The molecule has 0 heterocycles. The smallest absolute Gasteiger partial charge is 0.272 e. The van der Waals surface area contributed by atoms with Gasteiger partial charge in [-0.3, -0.25) is 9.59 Å². The first-order chi connectivity index (χ1) is 14.1. The van der Waals surface area contributed by atoms with Crippen LogP contribution in [0, 0.1) is 0 Å². The molecule has 0 bridgehead atoms. The number of hydrogen-bond acceptors (Lipinski definition) is 4. The first kappa shape index (κ1) is 19.7. The van der Waals surface area contributed by atoms with E-state index in [2.05, 4.69) is 10.6 Å². The number of rotatable bonds is 6. The zero-order valence-corrected chi connectivity index (χ0v) is 15.8. The minimum absolute atomic E-state index is 0.0198. The maximum Gasteiger partial charge on any atom is 0.272 e. The van der Waals surface area contributed by atoms with E-state index in [1.54, 1.807) is 60.7 Å². The lowest BCUT2D eigenvalue weighted by Crippen LogP contribution is -2.30. The van der Waals surface area contributed by atoms with Crippen molar-refractivity contribution < 1.29 is 19.4 Å². The summed E-state index contributed by atoms with van der Waals surface area (Å²) in [4.78, 5) is 25.5. The topological polar surface area (TPSA) is 87.7 Å². The lowest BCUT2D eigenvalue weighted by molar-refractivity contribution is -0.113. The second kappa shape index (κ2) is 9.23. The second-order valence-corrected chi connectivity index (χ2v) is 6.12.